The zero-order valence-corrected chi connectivity index (χ0v) is 16.8. The fourth-order valence-corrected chi connectivity index (χ4v) is 3.78. The molecule has 5 nitrogen and oxygen atoms in total. The number of Topliss-reactive ketones (excluding diaryl/α,β-unsaturated/α-hetero) is 1. The van der Waals surface area contributed by atoms with Crippen molar-refractivity contribution in [2.45, 2.75) is 25.5 Å². The summed E-state index contributed by atoms with van der Waals surface area (Å²) in [5, 5.41) is 1.02. The molecule has 1 aromatic heterocycles. The summed E-state index contributed by atoms with van der Waals surface area (Å²) in [6.07, 6.45) is 0. The number of halogens is 1. The smallest absolute Gasteiger partial charge is 0.262 e. The molecule has 0 spiro atoms. The molecule has 0 bridgehead atoms. The molecule has 0 fully saturated rings. The van der Waals surface area contributed by atoms with Crippen LogP contribution in [0.3, 0.4) is 0 Å². The number of thioether (sulfide) groups is 1. The first-order chi connectivity index (χ1) is 13.4. The average Bonchev–Trinajstić information content (AvgIpc) is 2.68. The first kappa shape index (κ1) is 20.1. The van der Waals surface area contributed by atoms with Gasteiger partial charge in [0.15, 0.2) is 10.9 Å². The molecule has 3 rings (SSSR count). The lowest BCUT2D eigenvalue weighted by Gasteiger charge is -2.15. The Bertz CT molecular complexity index is 1080. The predicted molar refractivity (Wildman–Crippen MR) is 109 cm³/mol. The number of hydrogen-bond donors (Lipinski definition) is 0. The zero-order chi connectivity index (χ0) is 20.3. The SMILES string of the molecule is COc1ccc(F)cc1C(=O)CSc1nc2ccccc2c(=O)n1CC(C)C. The molecule has 0 unspecified atom stereocenters. The topological polar surface area (TPSA) is 61.2 Å². The van der Waals surface area contributed by atoms with Crippen molar-refractivity contribution >= 4 is 28.4 Å². The number of rotatable bonds is 7. The van der Waals surface area contributed by atoms with E-state index in [2.05, 4.69) is 4.98 Å². The zero-order valence-electron chi connectivity index (χ0n) is 15.9. The molecule has 0 amide bonds. The van der Waals surface area contributed by atoms with E-state index in [4.69, 9.17) is 4.74 Å². The largest absolute Gasteiger partial charge is 0.496 e. The maximum atomic E-state index is 13.6. The summed E-state index contributed by atoms with van der Waals surface area (Å²) in [6, 6.07) is 11.0. The van der Waals surface area contributed by atoms with Crippen LogP contribution in [0.1, 0.15) is 24.2 Å². The number of aromatic nitrogens is 2. The minimum absolute atomic E-state index is 0.0166. The fourth-order valence-electron chi connectivity index (χ4n) is 2.89. The molecule has 0 saturated heterocycles. The minimum atomic E-state index is -0.505. The molecule has 28 heavy (non-hydrogen) atoms. The van der Waals surface area contributed by atoms with Crippen LogP contribution in [0, 0.1) is 11.7 Å². The van der Waals surface area contributed by atoms with Crippen LogP contribution < -0.4 is 10.3 Å². The predicted octanol–water partition coefficient (Wildman–Crippen LogP) is 4.18. The van der Waals surface area contributed by atoms with E-state index in [1.807, 2.05) is 19.9 Å². The van der Waals surface area contributed by atoms with Crippen LogP contribution in [0.25, 0.3) is 10.9 Å². The van der Waals surface area contributed by atoms with Gasteiger partial charge >= 0.3 is 0 Å². The van der Waals surface area contributed by atoms with Crippen molar-refractivity contribution in [3.63, 3.8) is 0 Å². The van der Waals surface area contributed by atoms with Gasteiger partial charge in [0.05, 0.1) is 29.3 Å². The van der Waals surface area contributed by atoms with Gasteiger partial charge in [-0.3, -0.25) is 14.2 Å². The fraction of sp³-hybridized carbons (Fsp3) is 0.286. The van der Waals surface area contributed by atoms with Crippen LogP contribution in [0.5, 0.6) is 5.75 Å². The molecule has 146 valence electrons. The van der Waals surface area contributed by atoms with E-state index in [9.17, 15) is 14.0 Å². The van der Waals surface area contributed by atoms with Crippen LogP contribution in [0.4, 0.5) is 4.39 Å². The summed E-state index contributed by atoms with van der Waals surface area (Å²) in [7, 11) is 1.43. The van der Waals surface area contributed by atoms with Gasteiger partial charge in [-0.15, -0.1) is 0 Å². The van der Waals surface area contributed by atoms with Crippen molar-refractivity contribution in [1.82, 2.24) is 9.55 Å². The molecular weight excluding hydrogens is 379 g/mol. The maximum absolute atomic E-state index is 13.6. The van der Waals surface area contributed by atoms with Crippen molar-refractivity contribution in [2.75, 3.05) is 12.9 Å². The number of nitrogens with zero attached hydrogens (tertiary/aromatic N) is 2. The Morgan fingerprint density at radius 2 is 2.00 bits per heavy atom. The standard InChI is InChI=1S/C21H21FN2O3S/c1-13(2)11-24-20(26)15-6-4-5-7-17(15)23-21(24)28-12-18(25)16-10-14(22)8-9-19(16)27-3/h4-10,13H,11-12H2,1-3H3. The van der Waals surface area contributed by atoms with Crippen molar-refractivity contribution in [3.8, 4) is 5.75 Å². The van der Waals surface area contributed by atoms with Gasteiger partial charge in [0.25, 0.3) is 5.56 Å². The number of para-hydroxylation sites is 1. The van der Waals surface area contributed by atoms with Gasteiger partial charge in [0, 0.05) is 6.54 Å². The van der Waals surface area contributed by atoms with Gasteiger partial charge in [-0.2, -0.15) is 0 Å². The summed E-state index contributed by atoms with van der Waals surface area (Å²) in [6.45, 7) is 4.52. The third kappa shape index (κ3) is 4.25. The molecule has 3 aromatic rings. The molecule has 0 saturated carbocycles. The summed E-state index contributed by atoms with van der Waals surface area (Å²) >= 11 is 1.17. The lowest BCUT2D eigenvalue weighted by molar-refractivity contribution is 0.101. The van der Waals surface area contributed by atoms with Gasteiger partial charge < -0.3 is 4.74 Å². The van der Waals surface area contributed by atoms with E-state index in [0.29, 0.717) is 28.4 Å². The van der Waals surface area contributed by atoms with Gasteiger partial charge in [-0.1, -0.05) is 37.7 Å². The number of fused-ring (bicyclic) bond motifs is 1. The van der Waals surface area contributed by atoms with Gasteiger partial charge in [-0.25, -0.2) is 9.37 Å². The second kappa shape index (κ2) is 8.56. The van der Waals surface area contributed by atoms with Crippen molar-refractivity contribution in [2.24, 2.45) is 5.92 Å². The number of methoxy groups -OCH3 is 1. The monoisotopic (exact) mass is 400 g/mol. The van der Waals surface area contributed by atoms with Crippen LogP contribution in [0.15, 0.2) is 52.4 Å². The second-order valence-electron chi connectivity index (χ2n) is 6.78. The van der Waals surface area contributed by atoms with E-state index in [-0.39, 0.29) is 28.6 Å². The summed E-state index contributed by atoms with van der Waals surface area (Å²) in [5.41, 5.74) is 0.636. The van der Waals surface area contributed by atoms with Crippen molar-refractivity contribution < 1.29 is 13.9 Å². The molecule has 0 radical (unpaired) electrons. The summed E-state index contributed by atoms with van der Waals surface area (Å²) in [4.78, 5) is 30.1. The summed E-state index contributed by atoms with van der Waals surface area (Å²) in [5.74, 6) is -0.227. The Morgan fingerprint density at radius 3 is 2.71 bits per heavy atom. The quantitative estimate of drug-likeness (QED) is 0.338. The molecule has 0 N–H and O–H groups in total. The Kier molecular flexibility index (Phi) is 6.14. The maximum Gasteiger partial charge on any atom is 0.262 e. The lowest BCUT2D eigenvalue weighted by atomic mass is 10.1. The van der Waals surface area contributed by atoms with Crippen LogP contribution in [0.2, 0.25) is 0 Å². The Labute approximate surface area is 166 Å². The molecule has 1 heterocycles. The van der Waals surface area contributed by atoms with Crippen LogP contribution in [-0.4, -0.2) is 28.2 Å². The normalized spacial score (nSPS) is 11.2. The van der Waals surface area contributed by atoms with E-state index in [1.165, 1.54) is 31.0 Å². The van der Waals surface area contributed by atoms with Crippen molar-refractivity contribution in [3.05, 3.63) is 64.2 Å². The molecule has 0 aliphatic carbocycles. The Balaban J connectivity index is 1.94. The highest BCUT2D eigenvalue weighted by molar-refractivity contribution is 7.99. The third-order valence-corrected chi connectivity index (χ3v) is 5.15. The minimum Gasteiger partial charge on any atom is -0.496 e. The molecular formula is C21H21FN2O3S. The highest BCUT2D eigenvalue weighted by atomic mass is 32.2. The first-order valence-corrected chi connectivity index (χ1v) is 9.88. The Hall–Kier alpha value is -2.67. The van der Waals surface area contributed by atoms with Gasteiger partial charge in [0.1, 0.15) is 11.6 Å². The van der Waals surface area contributed by atoms with E-state index >= 15 is 0 Å². The third-order valence-electron chi connectivity index (χ3n) is 4.17. The van der Waals surface area contributed by atoms with E-state index in [0.717, 1.165) is 6.07 Å². The number of carbonyl (C=O) groups excluding carboxylic acids is 1. The average molecular weight is 400 g/mol. The van der Waals surface area contributed by atoms with E-state index < -0.39 is 5.82 Å². The number of ether oxygens (including phenoxy) is 1. The number of ketones is 1. The molecule has 0 aliphatic heterocycles. The van der Waals surface area contributed by atoms with Crippen LogP contribution in [-0.2, 0) is 6.54 Å². The second-order valence-corrected chi connectivity index (χ2v) is 7.72. The van der Waals surface area contributed by atoms with Crippen molar-refractivity contribution in [1.29, 1.82) is 0 Å². The number of hydrogen-bond acceptors (Lipinski definition) is 5. The molecule has 0 aliphatic rings. The highest BCUT2D eigenvalue weighted by Gasteiger charge is 2.17. The summed E-state index contributed by atoms with van der Waals surface area (Å²) < 4.78 is 20.3. The van der Waals surface area contributed by atoms with Crippen LogP contribution >= 0.6 is 11.8 Å². The Morgan fingerprint density at radius 1 is 1.25 bits per heavy atom. The van der Waals surface area contributed by atoms with E-state index in [1.54, 1.807) is 22.8 Å². The lowest BCUT2D eigenvalue weighted by Crippen LogP contribution is -2.25. The first-order valence-electron chi connectivity index (χ1n) is 8.89. The molecule has 7 heteroatoms. The highest BCUT2D eigenvalue weighted by Crippen LogP contribution is 2.24. The number of benzene rings is 2. The van der Waals surface area contributed by atoms with Gasteiger partial charge in [-0.05, 0) is 36.2 Å². The molecule has 0 atom stereocenters. The van der Waals surface area contributed by atoms with Gasteiger partial charge in [0.2, 0.25) is 0 Å². The number of carbonyl (C=O) groups is 1. The molecule has 2 aromatic carbocycles.